The molecule has 2 aromatic carbocycles. The Morgan fingerprint density at radius 3 is 2.21 bits per heavy atom. The van der Waals surface area contributed by atoms with Crippen molar-refractivity contribution in [2.45, 2.75) is 37.7 Å². The van der Waals surface area contributed by atoms with Crippen molar-refractivity contribution < 1.29 is 27.1 Å². The van der Waals surface area contributed by atoms with Gasteiger partial charge in [0, 0.05) is 5.69 Å². The monoisotopic (exact) mass is 408 g/mol. The number of benzene rings is 2. The van der Waals surface area contributed by atoms with E-state index in [9.17, 15) is 22.4 Å². The second-order valence-electron chi connectivity index (χ2n) is 6.50. The molecule has 2 aromatic rings. The largest absolute Gasteiger partial charge is 0.449 e. The first kappa shape index (κ1) is 21.5. The van der Waals surface area contributed by atoms with Gasteiger partial charge in [0.15, 0.2) is 6.10 Å². The summed E-state index contributed by atoms with van der Waals surface area (Å²) in [6, 6.07) is 9.66. The molecule has 0 aliphatic heterocycles. The Labute approximate surface area is 162 Å². The number of carbonyl (C=O) groups is 2. The number of ether oxygens (including phenoxy) is 1. The Balaban J connectivity index is 2.08. The minimum atomic E-state index is -4.12. The number of primary sulfonamides is 1. The SMILES string of the molecule is CC(OC(=O)c1cc(S(N)(=O)=O)ccc1F)C(=O)Nc1ccc(C(C)C)cc1. The highest BCUT2D eigenvalue weighted by Crippen LogP contribution is 2.18. The average Bonchev–Trinajstić information content (AvgIpc) is 2.61. The van der Waals surface area contributed by atoms with Crippen molar-refractivity contribution in [1.29, 1.82) is 0 Å². The van der Waals surface area contributed by atoms with Gasteiger partial charge in [0.05, 0.1) is 10.5 Å². The molecule has 9 heteroatoms. The molecule has 0 aromatic heterocycles. The van der Waals surface area contributed by atoms with Gasteiger partial charge in [-0.3, -0.25) is 4.79 Å². The van der Waals surface area contributed by atoms with Crippen LogP contribution in [0.2, 0.25) is 0 Å². The van der Waals surface area contributed by atoms with Crippen LogP contribution < -0.4 is 10.5 Å². The first-order valence-corrected chi connectivity index (χ1v) is 9.98. The van der Waals surface area contributed by atoms with Gasteiger partial charge in [-0.2, -0.15) is 0 Å². The highest BCUT2D eigenvalue weighted by Gasteiger charge is 2.23. The molecule has 3 N–H and O–H groups in total. The Morgan fingerprint density at radius 1 is 1.07 bits per heavy atom. The minimum Gasteiger partial charge on any atom is -0.449 e. The van der Waals surface area contributed by atoms with Gasteiger partial charge in [-0.05, 0) is 48.7 Å². The highest BCUT2D eigenvalue weighted by molar-refractivity contribution is 7.89. The molecule has 0 saturated carbocycles. The van der Waals surface area contributed by atoms with Gasteiger partial charge >= 0.3 is 5.97 Å². The summed E-state index contributed by atoms with van der Waals surface area (Å²) in [7, 11) is -4.12. The molecule has 0 bridgehead atoms. The number of halogens is 1. The fraction of sp³-hybridized carbons (Fsp3) is 0.263. The second kappa shape index (κ2) is 8.49. The molecule has 0 aliphatic carbocycles. The van der Waals surface area contributed by atoms with Crippen LogP contribution in [-0.2, 0) is 19.6 Å². The van der Waals surface area contributed by atoms with E-state index in [-0.39, 0.29) is 0 Å². The van der Waals surface area contributed by atoms with Crippen molar-refractivity contribution in [3.8, 4) is 0 Å². The quantitative estimate of drug-likeness (QED) is 0.713. The standard InChI is InChI=1S/C19H21FN2O5S/c1-11(2)13-4-6-14(7-5-13)22-18(23)12(3)27-19(24)16-10-15(28(21,25)26)8-9-17(16)20/h4-12H,1-3H3,(H,22,23)(H2,21,25,26). The molecule has 2 rings (SSSR count). The van der Waals surface area contributed by atoms with Gasteiger partial charge in [-0.25, -0.2) is 22.7 Å². The lowest BCUT2D eigenvalue weighted by molar-refractivity contribution is -0.123. The smallest absolute Gasteiger partial charge is 0.341 e. The van der Waals surface area contributed by atoms with Gasteiger partial charge in [0.1, 0.15) is 5.82 Å². The number of amides is 1. The molecule has 1 atom stereocenters. The van der Waals surface area contributed by atoms with Crippen molar-refractivity contribution in [3.05, 3.63) is 59.4 Å². The van der Waals surface area contributed by atoms with Crippen LogP contribution in [0.25, 0.3) is 0 Å². The van der Waals surface area contributed by atoms with E-state index in [1.165, 1.54) is 6.92 Å². The number of sulfonamides is 1. The van der Waals surface area contributed by atoms with Crippen LogP contribution in [0.3, 0.4) is 0 Å². The van der Waals surface area contributed by atoms with E-state index in [0.717, 1.165) is 23.8 Å². The molecule has 1 unspecified atom stereocenters. The molecule has 0 spiro atoms. The summed E-state index contributed by atoms with van der Waals surface area (Å²) in [6.07, 6.45) is -1.24. The summed E-state index contributed by atoms with van der Waals surface area (Å²) >= 11 is 0. The minimum absolute atomic E-state index is 0.340. The van der Waals surface area contributed by atoms with E-state index < -0.39 is 44.3 Å². The van der Waals surface area contributed by atoms with Crippen LogP contribution in [0, 0.1) is 5.82 Å². The summed E-state index contributed by atoms with van der Waals surface area (Å²) < 4.78 is 41.5. The number of rotatable bonds is 6. The average molecular weight is 408 g/mol. The zero-order valence-electron chi connectivity index (χ0n) is 15.6. The number of hydrogen-bond acceptors (Lipinski definition) is 5. The Hall–Kier alpha value is -2.78. The van der Waals surface area contributed by atoms with Gasteiger partial charge < -0.3 is 10.1 Å². The first-order valence-electron chi connectivity index (χ1n) is 8.43. The van der Waals surface area contributed by atoms with Crippen LogP contribution in [0.15, 0.2) is 47.4 Å². The van der Waals surface area contributed by atoms with Crippen LogP contribution >= 0.6 is 0 Å². The molecule has 0 aliphatic rings. The number of esters is 1. The second-order valence-corrected chi connectivity index (χ2v) is 8.06. The van der Waals surface area contributed by atoms with Crippen molar-refractivity contribution in [3.63, 3.8) is 0 Å². The highest BCUT2D eigenvalue weighted by atomic mass is 32.2. The third kappa shape index (κ3) is 5.37. The van der Waals surface area contributed by atoms with Crippen LogP contribution in [0.5, 0.6) is 0 Å². The molecule has 0 fully saturated rings. The molecule has 0 radical (unpaired) electrons. The fourth-order valence-electron chi connectivity index (χ4n) is 2.31. The molecule has 1 amide bonds. The van der Waals surface area contributed by atoms with Crippen LogP contribution in [0.1, 0.15) is 42.6 Å². The maximum Gasteiger partial charge on any atom is 0.341 e. The van der Waals surface area contributed by atoms with E-state index in [2.05, 4.69) is 5.32 Å². The lowest BCUT2D eigenvalue weighted by atomic mass is 10.0. The molecule has 0 heterocycles. The lowest BCUT2D eigenvalue weighted by Crippen LogP contribution is -2.30. The Kier molecular flexibility index (Phi) is 6.52. The van der Waals surface area contributed by atoms with Gasteiger partial charge in [-0.1, -0.05) is 26.0 Å². The number of carbonyl (C=O) groups excluding carboxylic acids is 2. The van der Waals surface area contributed by atoms with Crippen molar-refractivity contribution in [2.75, 3.05) is 5.32 Å². The fourth-order valence-corrected chi connectivity index (χ4v) is 2.85. The van der Waals surface area contributed by atoms with E-state index >= 15 is 0 Å². The van der Waals surface area contributed by atoms with Gasteiger partial charge in [0.25, 0.3) is 5.91 Å². The van der Waals surface area contributed by atoms with Gasteiger partial charge in [-0.15, -0.1) is 0 Å². The summed E-state index contributed by atoms with van der Waals surface area (Å²) in [6.45, 7) is 5.40. The third-order valence-corrected chi connectivity index (χ3v) is 4.90. The summed E-state index contributed by atoms with van der Waals surface area (Å²) in [5, 5.41) is 7.56. The topological polar surface area (TPSA) is 116 Å². The zero-order valence-corrected chi connectivity index (χ0v) is 16.4. The van der Waals surface area contributed by atoms with Crippen molar-refractivity contribution >= 4 is 27.6 Å². The number of anilines is 1. The van der Waals surface area contributed by atoms with E-state index in [1.807, 2.05) is 26.0 Å². The van der Waals surface area contributed by atoms with Gasteiger partial charge in [0.2, 0.25) is 10.0 Å². The van der Waals surface area contributed by atoms with Crippen molar-refractivity contribution in [2.24, 2.45) is 5.14 Å². The number of hydrogen-bond donors (Lipinski definition) is 2. The van der Waals surface area contributed by atoms with E-state index in [1.54, 1.807) is 12.1 Å². The predicted octanol–water partition coefficient (Wildman–Crippen LogP) is 2.78. The Morgan fingerprint density at radius 2 is 1.68 bits per heavy atom. The normalized spacial score (nSPS) is 12.5. The third-order valence-electron chi connectivity index (χ3n) is 3.98. The lowest BCUT2D eigenvalue weighted by Gasteiger charge is -2.14. The maximum absolute atomic E-state index is 13.9. The molecule has 7 nitrogen and oxygen atoms in total. The van der Waals surface area contributed by atoms with E-state index in [4.69, 9.17) is 9.88 Å². The summed E-state index contributed by atoms with van der Waals surface area (Å²) in [4.78, 5) is 23.9. The molecular formula is C19H21FN2O5S. The van der Waals surface area contributed by atoms with Crippen molar-refractivity contribution in [1.82, 2.24) is 0 Å². The molecule has 150 valence electrons. The maximum atomic E-state index is 13.9. The van der Waals surface area contributed by atoms with Crippen LogP contribution in [-0.4, -0.2) is 26.4 Å². The van der Waals surface area contributed by atoms with E-state index in [0.29, 0.717) is 11.6 Å². The zero-order chi connectivity index (χ0) is 21.1. The first-order chi connectivity index (χ1) is 13.0. The summed E-state index contributed by atoms with van der Waals surface area (Å²) in [5.41, 5.74) is 0.981. The summed E-state index contributed by atoms with van der Waals surface area (Å²) in [5.74, 6) is -2.45. The Bertz CT molecular complexity index is 988. The molecule has 28 heavy (non-hydrogen) atoms. The molecule has 0 saturated heterocycles. The molecular weight excluding hydrogens is 387 g/mol. The number of nitrogens with two attached hydrogens (primary N) is 1. The van der Waals surface area contributed by atoms with Crippen LogP contribution in [0.4, 0.5) is 10.1 Å². The predicted molar refractivity (Wildman–Crippen MR) is 102 cm³/mol. The number of nitrogens with one attached hydrogen (secondary N) is 1.